The third-order valence-corrected chi connectivity index (χ3v) is 7.12. The lowest BCUT2D eigenvalue weighted by Gasteiger charge is -2.38. The Labute approximate surface area is 191 Å². The van der Waals surface area contributed by atoms with Gasteiger partial charge in [0.2, 0.25) is 5.91 Å². The van der Waals surface area contributed by atoms with Crippen LogP contribution in [0.5, 0.6) is 0 Å². The molecule has 1 aromatic carbocycles. The number of carbonyl (C=O) groups excluding carboxylic acids is 1. The Morgan fingerprint density at radius 1 is 1.16 bits per heavy atom. The standard InChI is InChI=1S/C26H35N5O/c1-26(2)9-3-4-23(15-26)14-25(32)30-12-10-29(11-13-30)19-24-17-28-20-31(24)18-22-7-5-21(16-27)6-8-22/h5-8,17,20,23H,3-4,9-15,18-19H2,1-2H3. The summed E-state index contributed by atoms with van der Waals surface area (Å²) in [6.45, 7) is 9.72. The largest absolute Gasteiger partial charge is 0.340 e. The minimum absolute atomic E-state index is 0.346. The average Bonchev–Trinajstić information content (AvgIpc) is 3.20. The van der Waals surface area contributed by atoms with Crippen LogP contribution < -0.4 is 0 Å². The van der Waals surface area contributed by atoms with Crippen LogP contribution in [-0.2, 0) is 17.9 Å². The zero-order valence-corrected chi connectivity index (χ0v) is 19.5. The van der Waals surface area contributed by atoms with Crippen molar-refractivity contribution in [3.63, 3.8) is 0 Å². The highest BCUT2D eigenvalue weighted by atomic mass is 16.2. The van der Waals surface area contributed by atoms with Crippen LogP contribution >= 0.6 is 0 Å². The van der Waals surface area contributed by atoms with Crippen LogP contribution in [0.25, 0.3) is 0 Å². The van der Waals surface area contributed by atoms with Gasteiger partial charge in [-0.05, 0) is 48.3 Å². The van der Waals surface area contributed by atoms with E-state index in [2.05, 4.69) is 39.3 Å². The minimum Gasteiger partial charge on any atom is -0.340 e. The van der Waals surface area contributed by atoms with Crippen molar-refractivity contribution in [1.29, 1.82) is 5.26 Å². The van der Waals surface area contributed by atoms with E-state index in [4.69, 9.17) is 5.26 Å². The van der Waals surface area contributed by atoms with E-state index in [0.29, 0.717) is 22.8 Å². The second kappa shape index (κ2) is 9.87. The van der Waals surface area contributed by atoms with E-state index in [9.17, 15) is 4.79 Å². The zero-order valence-electron chi connectivity index (χ0n) is 19.5. The molecule has 32 heavy (non-hydrogen) atoms. The van der Waals surface area contributed by atoms with E-state index in [0.717, 1.165) is 51.3 Å². The van der Waals surface area contributed by atoms with Crippen molar-refractivity contribution in [2.75, 3.05) is 26.2 Å². The van der Waals surface area contributed by atoms with Crippen LogP contribution in [0.1, 0.15) is 62.8 Å². The fourth-order valence-electron chi connectivity index (χ4n) is 5.29. The summed E-state index contributed by atoms with van der Waals surface area (Å²) in [6, 6.07) is 9.88. The molecular formula is C26H35N5O. The van der Waals surface area contributed by atoms with Crippen LogP contribution in [0.15, 0.2) is 36.8 Å². The Kier molecular flexibility index (Phi) is 6.95. The van der Waals surface area contributed by atoms with Gasteiger partial charge in [-0.25, -0.2) is 4.98 Å². The third-order valence-electron chi connectivity index (χ3n) is 7.12. The molecule has 6 nitrogen and oxygen atoms in total. The quantitative estimate of drug-likeness (QED) is 0.689. The first kappa shape index (κ1) is 22.5. The number of hydrogen-bond acceptors (Lipinski definition) is 4. The van der Waals surface area contributed by atoms with Gasteiger partial charge < -0.3 is 9.47 Å². The number of nitriles is 1. The molecule has 0 spiro atoms. The highest BCUT2D eigenvalue weighted by molar-refractivity contribution is 5.76. The molecule has 1 saturated heterocycles. The topological polar surface area (TPSA) is 65.2 Å². The van der Waals surface area contributed by atoms with Crippen molar-refractivity contribution in [3.05, 3.63) is 53.6 Å². The molecule has 1 saturated carbocycles. The molecule has 0 radical (unpaired) electrons. The van der Waals surface area contributed by atoms with Crippen LogP contribution in [0.3, 0.4) is 0 Å². The minimum atomic E-state index is 0.346. The van der Waals surface area contributed by atoms with Gasteiger partial charge in [0.25, 0.3) is 0 Å². The number of nitrogens with zero attached hydrogens (tertiary/aromatic N) is 5. The fourth-order valence-corrected chi connectivity index (χ4v) is 5.29. The van der Waals surface area contributed by atoms with E-state index < -0.39 is 0 Å². The lowest BCUT2D eigenvalue weighted by molar-refractivity contribution is -0.134. The predicted octanol–water partition coefficient (Wildman–Crippen LogP) is 4.05. The molecule has 1 aliphatic carbocycles. The van der Waals surface area contributed by atoms with E-state index in [1.807, 2.05) is 36.8 Å². The number of amides is 1. The number of piperazine rings is 1. The summed E-state index contributed by atoms with van der Waals surface area (Å²) in [5, 5.41) is 8.97. The van der Waals surface area contributed by atoms with Crippen LogP contribution in [0, 0.1) is 22.7 Å². The predicted molar refractivity (Wildman–Crippen MR) is 125 cm³/mol. The molecule has 0 N–H and O–H groups in total. The summed E-state index contributed by atoms with van der Waals surface area (Å²) in [5.74, 6) is 0.902. The molecule has 1 atom stereocenters. The molecule has 2 heterocycles. The molecule has 2 fully saturated rings. The fraction of sp³-hybridized carbons (Fsp3) is 0.577. The van der Waals surface area contributed by atoms with Crippen molar-refractivity contribution in [2.24, 2.45) is 11.3 Å². The lowest BCUT2D eigenvalue weighted by atomic mass is 9.71. The molecule has 2 aliphatic rings. The molecular weight excluding hydrogens is 398 g/mol. The summed E-state index contributed by atoms with van der Waals surface area (Å²) in [7, 11) is 0. The Bertz CT molecular complexity index is 947. The molecule has 1 aromatic heterocycles. The van der Waals surface area contributed by atoms with Crippen LogP contribution in [0.2, 0.25) is 0 Å². The molecule has 4 rings (SSSR count). The summed E-state index contributed by atoms with van der Waals surface area (Å²) in [6.07, 6.45) is 9.47. The van der Waals surface area contributed by atoms with Crippen LogP contribution in [0.4, 0.5) is 0 Å². The molecule has 1 unspecified atom stereocenters. The van der Waals surface area contributed by atoms with E-state index in [-0.39, 0.29) is 0 Å². The van der Waals surface area contributed by atoms with Gasteiger partial charge in [0.1, 0.15) is 0 Å². The first-order chi connectivity index (χ1) is 15.4. The Morgan fingerprint density at radius 3 is 2.59 bits per heavy atom. The number of rotatable bonds is 6. The van der Waals surface area contributed by atoms with Crippen molar-refractivity contribution >= 4 is 5.91 Å². The highest BCUT2D eigenvalue weighted by Crippen LogP contribution is 2.40. The van der Waals surface area contributed by atoms with Gasteiger partial charge in [0, 0.05) is 51.9 Å². The second-order valence-electron chi connectivity index (χ2n) is 10.3. The SMILES string of the molecule is CC1(C)CCCC(CC(=O)N2CCN(Cc3cncn3Cc3ccc(C#N)cc3)CC2)C1. The Hall–Kier alpha value is -2.65. The molecule has 170 valence electrons. The number of imidazole rings is 1. The van der Waals surface area contributed by atoms with Gasteiger partial charge >= 0.3 is 0 Å². The maximum Gasteiger partial charge on any atom is 0.222 e. The van der Waals surface area contributed by atoms with Crippen molar-refractivity contribution in [3.8, 4) is 6.07 Å². The number of benzene rings is 1. The number of hydrogen-bond donors (Lipinski definition) is 0. The van der Waals surface area contributed by atoms with Crippen molar-refractivity contribution < 1.29 is 4.79 Å². The van der Waals surface area contributed by atoms with Gasteiger partial charge in [0.15, 0.2) is 0 Å². The van der Waals surface area contributed by atoms with Gasteiger partial charge in [-0.15, -0.1) is 0 Å². The molecule has 1 amide bonds. The van der Waals surface area contributed by atoms with E-state index in [1.165, 1.54) is 31.4 Å². The Morgan fingerprint density at radius 2 is 1.91 bits per heavy atom. The zero-order chi connectivity index (χ0) is 22.6. The Balaban J connectivity index is 1.26. The normalized spacial score (nSPS) is 21.3. The number of aromatic nitrogens is 2. The monoisotopic (exact) mass is 433 g/mol. The maximum absolute atomic E-state index is 12.9. The van der Waals surface area contributed by atoms with Gasteiger partial charge in [0.05, 0.1) is 23.7 Å². The lowest BCUT2D eigenvalue weighted by Crippen LogP contribution is -2.48. The number of carbonyl (C=O) groups is 1. The van der Waals surface area contributed by atoms with Gasteiger partial charge in [-0.3, -0.25) is 9.69 Å². The van der Waals surface area contributed by atoms with E-state index >= 15 is 0 Å². The van der Waals surface area contributed by atoms with Gasteiger partial charge in [-0.2, -0.15) is 5.26 Å². The molecule has 1 aliphatic heterocycles. The second-order valence-corrected chi connectivity index (χ2v) is 10.3. The molecule has 6 heteroatoms. The summed E-state index contributed by atoms with van der Waals surface area (Å²) >= 11 is 0. The first-order valence-electron chi connectivity index (χ1n) is 11.9. The average molecular weight is 434 g/mol. The smallest absolute Gasteiger partial charge is 0.222 e. The first-order valence-corrected chi connectivity index (χ1v) is 11.9. The molecule has 0 bridgehead atoms. The van der Waals surface area contributed by atoms with Crippen molar-refractivity contribution in [2.45, 2.75) is 59.0 Å². The van der Waals surface area contributed by atoms with Crippen molar-refractivity contribution in [1.82, 2.24) is 19.4 Å². The van der Waals surface area contributed by atoms with Crippen LogP contribution in [-0.4, -0.2) is 51.4 Å². The highest BCUT2D eigenvalue weighted by Gasteiger charge is 2.31. The maximum atomic E-state index is 12.9. The van der Waals surface area contributed by atoms with E-state index in [1.54, 1.807) is 0 Å². The summed E-state index contributed by atoms with van der Waals surface area (Å²) in [5.41, 5.74) is 3.41. The summed E-state index contributed by atoms with van der Waals surface area (Å²) in [4.78, 5) is 21.7. The van der Waals surface area contributed by atoms with Gasteiger partial charge in [-0.1, -0.05) is 32.4 Å². The molecule has 2 aromatic rings. The summed E-state index contributed by atoms with van der Waals surface area (Å²) < 4.78 is 2.17. The third kappa shape index (κ3) is 5.77.